The number of para-hydroxylation sites is 1. The first kappa shape index (κ1) is 25.3. The monoisotopic (exact) mass is 617 g/mol. The van der Waals surface area contributed by atoms with Crippen LogP contribution in [0.15, 0.2) is 71.8 Å². The number of hydrogen-bond donors (Lipinski definition) is 2. The number of nitrogens with two attached hydrogens (primary N) is 1. The van der Waals surface area contributed by atoms with Gasteiger partial charge < -0.3 is 11.1 Å². The Bertz CT molecular complexity index is 1810. The lowest BCUT2D eigenvalue weighted by Crippen LogP contribution is -2.32. The largest absolute Gasteiger partial charge is 0.382 e. The van der Waals surface area contributed by atoms with Gasteiger partial charge in [-0.3, -0.25) is 23.5 Å². The molecule has 9 nitrogen and oxygen atoms in total. The minimum Gasteiger partial charge on any atom is -0.382 e. The number of aromatic nitrogens is 5. The molecule has 0 aliphatic carbocycles. The molecular formula is C28H24IN7O2. The fourth-order valence-corrected chi connectivity index (χ4v) is 4.98. The Kier molecular flexibility index (Phi) is 6.77. The summed E-state index contributed by atoms with van der Waals surface area (Å²) >= 11 is 2.04. The lowest BCUT2D eigenvalue weighted by atomic mass is 10.0. The van der Waals surface area contributed by atoms with E-state index in [1.807, 2.05) is 97.4 Å². The first-order valence-electron chi connectivity index (χ1n) is 11.8. The van der Waals surface area contributed by atoms with Crippen LogP contribution in [-0.2, 0) is 14.1 Å². The summed E-state index contributed by atoms with van der Waals surface area (Å²) in [6, 6.07) is 16.3. The van der Waals surface area contributed by atoms with Gasteiger partial charge in [0, 0.05) is 37.2 Å². The second-order valence-corrected chi connectivity index (χ2v) is 9.86. The van der Waals surface area contributed by atoms with Crippen molar-refractivity contribution < 1.29 is 4.79 Å². The fourth-order valence-electron chi connectivity index (χ4n) is 4.35. The van der Waals surface area contributed by atoms with Gasteiger partial charge in [-0.25, -0.2) is 0 Å². The van der Waals surface area contributed by atoms with Gasteiger partial charge >= 0.3 is 0 Å². The molecule has 2 aromatic carbocycles. The smallest absolute Gasteiger partial charge is 0.264 e. The molecule has 5 rings (SSSR count). The van der Waals surface area contributed by atoms with Gasteiger partial charge in [0.25, 0.3) is 11.5 Å². The van der Waals surface area contributed by atoms with Crippen molar-refractivity contribution in [1.82, 2.24) is 29.4 Å². The van der Waals surface area contributed by atoms with E-state index in [-0.39, 0.29) is 17.3 Å². The van der Waals surface area contributed by atoms with Crippen LogP contribution in [0, 0.1) is 15.5 Å². The van der Waals surface area contributed by atoms with Crippen molar-refractivity contribution in [3.8, 4) is 17.5 Å². The highest BCUT2D eigenvalue weighted by Gasteiger charge is 2.24. The molecule has 0 aliphatic heterocycles. The molecule has 1 amide bonds. The topological polar surface area (TPSA) is 113 Å². The minimum absolute atomic E-state index is 0.150. The van der Waals surface area contributed by atoms with E-state index in [1.54, 1.807) is 27.2 Å². The third kappa shape index (κ3) is 4.68. The molecule has 0 aliphatic rings. The molecule has 3 aromatic heterocycles. The molecule has 0 fully saturated rings. The van der Waals surface area contributed by atoms with Gasteiger partial charge in [-0.05, 0) is 59.2 Å². The number of carbonyl (C=O) groups excluding carboxylic acids is 1. The molecule has 0 bridgehead atoms. The SMILES string of the molecule is C[C@H](NC(=O)c1c(N)nn(C)c1I)c1cc2cccc(C#Cc3cnn(C)c3)c2c(=O)n1-c1ccccc1. The van der Waals surface area contributed by atoms with Crippen molar-refractivity contribution in [3.63, 3.8) is 0 Å². The maximum Gasteiger partial charge on any atom is 0.264 e. The number of carbonyl (C=O) groups is 1. The Hall–Kier alpha value is -4.37. The van der Waals surface area contributed by atoms with Gasteiger partial charge in [-0.15, -0.1) is 0 Å². The fraction of sp³-hybridized carbons (Fsp3) is 0.143. The predicted octanol–water partition coefficient (Wildman–Crippen LogP) is 3.54. The number of halogens is 1. The van der Waals surface area contributed by atoms with Gasteiger partial charge in [0.1, 0.15) is 9.26 Å². The highest BCUT2D eigenvalue weighted by Crippen LogP contribution is 2.25. The molecule has 5 aromatic rings. The average molecular weight is 617 g/mol. The molecule has 10 heteroatoms. The summed E-state index contributed by atoms with van der Waals surface area (Å²) in [5, 5.41) is 12.5. The Labute approximate surface area is 232 Å². The zero-order valence-electron chi connectivity index (χ0n) is 20.9. The van der Waals surface area contributed by atoms with E-state index < -0.39 is 6.04 Å². The van der Waals surface area contributed by atoms with Crippen LogP contribution in [-0.4, -0.2) is 30.0 Å². The van der Waals surface area contributed by atoms with Gasteiger partial charge in [-0.2, -0.15) is 10.2 Å². The number of rotatable bonds is 4. The van der Waals surface area contributed by atoms with E-state index in [2.05, 4.69) is 27.4 Å². The third-order valence-corrected chi connectivity index (χ3v) is 7.40. The van der Waals surface area contributed by atoms with Crippen molar-refractivity contribution in [2.45, 2.75) is 13.0 Å². The Balaban J connectivity index is 1.65. The van der Waals surface area contributed by atoms with Crippen LogP contribution in [0.1, 0.15) is 40.1 Å². The summed E-state index contributed by atoms with van der Waals surface area (Å²) in [4.78, 5) is 27.3. The number of amides is 1. The number of hydrogen-bond acceptors (Lipinski definition) is 5. The number of benzene rings is 2. The second kappa shape index (κ2) is 10.2. The van der Waals surface area contributed by atoms with Gasteiger partial charge in [-0.1, -0.05) is 42.2 Å². The first-order valence-corrected chi connectivity index (χ1v) is 12.9. The van der Waals surface area contributed by atoms with E-state index in [9.17, 15) is 9.59 Å². The number of aryl methyl sites for hydroxylation is 2. The number of anilines is 1. The predicted molar refractivity (Wildman–Crippen MR) is 155 cm³/mol. The number of nitrogen functional groups attached to an aromatic ring is 1. The molecule has 0 radical (unpaired) electrons. The molecule has 0 spiro atoms. The zero-order chi connectivity index (χ0) is 27.0. The summed E-state index contributed by atoms with van der Waals surface area (Å²) in [5.74, 6) is 6.02. The maximum absolute atomic E-state index is 14.1. The minimum atomic E-state index is -0.527. The summed E-state index contributed by atoms with van der Waals surface area (Å²) in [7, 11) is 3.55. The number of fused-ring (bicyclic) bond motifs is 1. The normalized spacial score (nSPS) is 11.7. The van der Waals surface area contributed by atoms with Crippen LogP contribution in [0.2, 0.25) is 0 Å². The van der Waals surface area contributed by atoms with E-state index in [0.717, 1.165) is 10.9 Å². The Morgan fingerprint density at radius 2 is 1.87 bits per heavy atom. The molecule has 190 valence electrons. The number of nitrogens with zero attached hydrogens (tertiary/aromatic N) is 5. The second-order valence-electron chi connectivity index (χ2n) is 8.84. The van der Waals surface area contributed by atoms with Gasteiger partial charge in [0.15, 0.2) is 5.82 Å². The highest BCUT2D eigenvalue weighted by molar-refractivity contribution is 14.1. The quantitative estimate of drug-likeness (QED) is 0.237. The van der Waals surface area contributed by atoms with Crippen molar-refractivity contribution in [2.24, 2.45) is 14.1 Å². The zero-order valence-corrected chi connectivity index (χ0v) is 23.1. The lowest BCUT2D eigenvalue weighted by molar-refractivity contribution is 0.0938. The summed E-state index contributed by atoms with van der Waals surface area (Å²) < 4.78 is 5.48. The van der Waals surface area contributed by atoms with Crippen molar-refractivity contribution in [3.05, 3.63) is 103 Å². The van der Waals surface area contributed by atoms with Crippen LogP contribution < -0.4 is 16.6 Å². The van der Waals surface area contributed by atoms with E-state index >= 15 is 0 Å². The molecule has 1 atom stereocenters. The summed E-state index contributed by atoms with van der Waals surface area (Å²) in [6.45, 7) is 1.84. The van der Waals surface area contributed by atoms with Crippen LogP contribution in [0.3, 0.4) is 0 Å². The van der Waals surface area contributed by atoms with Crippen LogP contribution in [0.5, 0.6) is 0 Å². The lowest BCUT2D eigenvalue weighted by Gasteiger charge is -2.21. The maximum atomic E-state index is 14.1. The number of nitrogens with one attached hydrogen (secondary N) is 1. The van der Waals surface area contributed by atoms with Crippen molar-refractivity contribution >= 4 is 45.1 Å². The first-order chi connectivity index (χ1) is 18.2. The molecule has 3 N–H and O–H groups in total. The van der Waals surface area contributed by atoms with Gasteiger partial charge in [0.2, 0.25) is 0 Å². The van der Waals surface area contributed by atoms with Crippen LogP contribution in [0.25, 0.3) is 16.5 Å². The van der Waals surface area contributed by atoms with Crippen LogP contribution >= 0.6 is 22.6 Å². The van der Waals surface area contributed by atoms with Gasteiger partial charge in [0.05, 0.1) is 23.2 Å². The average Bonchev–Trinajstić information content (AvgIpc) is 3.43. The molecular weight excluding hydrogens is 593 g/mol. The molecule has 3 heterocycles. The highest BCUT2D eigenvalue weighted by atomic mass is 127. The Morgan fingerprint density at radius 1 is 1.11 bits per heavy atom. The molecule has 0 saturated carbocycles. The standard InChI is InChI=1S/C28H24IN7O2/c1-17(32-27(37)24-25(29)35(3)33-26(24)30)22-14-20-9-7-8-19(13-12-18-15-31-34(2)16-18)23(20)28(38)36(22)21-10-5-4-6-11-21/h4-11,14-17H,1-3H3,(H2,30,33)(H,32,37)/t17-/m0/s1. The van der Waals surface area contributed by atoms with Crippen molar-refractivity contribution in [1.29, 1.82) is 0 Å². The summed E-state index contributed by atoms with van der Waals surface area (Å²) in [5.41, 5.74) is 8.75. The van der Waals surface area contributed by atoms with Crippen LogP contribution in [0.4, 0.5) is 5.82 Å². The van der Waals surface area contributed by atoms with E-state index in [1.165, 1.54) is 0 Å². The van der Waals surface area contributed by atoms with E-state index in [4.69, 9.17) is 5.73 Å². The number of pyridine rings is 1. The van der Waals surface area contributed by atoms with E-state index in [0.29, 0.717) is 31.6 Å². The molecule has 0 saturated heterocycles. The summed E-state index contributed by atoms with van der Waals surface area (Å²) in [6.07, 6.45) is 3.50. The molecule has 38 heavy (non-hydrogen) atoms. The third-order valence-electron chi connectivity index (χ3n) is 6.16. The molecule has 0 unspecified atom stereocenters. The van der Waals surface area contributed by atoms with Crippen molar-refractivity contribution in [2.75, 3.05) is 5.73 Å². The Morgan fingerprint density at radius 3 is 2.53 bits per heavy atom.